The zero-order valence-corrected chi connectivity index (χ0v) is 15.7. The molecule has 1 aliphatic heterocycles. The molecule has 1 atom stereocenters. The van der Waals surface area contributed by atoms with Crippen molar-refractivity contribution >= 4 is 21.6 Å². The van der Waals surface area contributed by atoms with Crippen LogP contribution in [0.5, 0.6) is 11.5 Å². The highest BCUT2D eigenvalue weighted by Gasteiger charge is 2.36. The Morgan fingerprint density at radius 3 is 2.36 bits per heavy atom. The summed E-state index contributed by atoms with van der Waals surface area (Å²) >= 11 is 5.94. The highest BCUT2D eigenvalue weighted by molar-refractivity contribution is 7.89. The lowest BCUT2D eigenvalue weighted by molar-refractivity contribution is 0.353. The van der Waals surface area contributed by atoms with Gasteiger partial charge in [0.1, 0.15) is 0 Å². The summed E-state index contributed by atoms with van der Waals surface area (Å²) < 4.78 is 38.3. The van der Waals surface area contributed by atoms with E-state index in [1.807, 2.05) is 12.1 Å². The van der Waals surface area contributed by atoms with Crippen LogP contribution in [0.2, 0.25) is 5.02 Å². The monoisotopic (exact) mass is 381 g/mol. The number of hydrogen-bond acceptors (Lipinski definition) is 4. The van der Waals surface area contributed by atoms with Crippen LogP contribution in [0.3, 0.4) is 0 Å². The topological polar surface area (TPSA) is 55.8 Å². The van der Waals surface area contributed by atoms with Crippen LogP contribution >= 0.6 is 11.6 Å². The zero-order valence-electron chi connectivity index (χ0n) is 14.1. The molecule has 5 nitrogen and oxygen atoms in total. The minimum absolute atomic E-state index is 0.185. The number of sulfonamides is 1. The first-order valence-electron chi connectivity index (χ1n) is 7.96. The van der Waals surface area contributed by atoms with Gasteiger partial charge >= 0.3 is 0 Å². The first-order chi connectivity index (χ1) is 12.0. The molecular weight excluding hydrogens is 362 g/mol. The maximum Gasteiger partial charge on any atom is 0.243 e. The molecule has 2 aromatic carbocycles. The van der Waals surface area contributed by atoms with E-state index in [1.54, 1.807) is 28.6 Å². The average molecular weight is 382 g/mol. The lowest BCUT2D eigenvalue weighted by atomic mass is 10.1. The number of ether oxygens (including phenoxy) is 2. The van der Waals surface area contributed by atoms with Gasteiger partial charge in [0, 0.05) is 17.6 Å². The Labute approximate surface area is 153 Å². The van der Waals surface area contributed by atoms with Crippen LogP contribution in [0.1, 0.15) is 24.4 Å². The van der Waals surface area contributed by atoms with Crippen LogP contribution in [-0.2, 0) is 10.0 Å². The van der Waals surface area contributed by atoms with E-state index in [9.17, 15) is 8.42 Å². The molecule has 0 radical (unpaired) electrons. The molecule has 2 aromatic rings. The van der Waals surface area contributed by atoms with Crippen molar-refractivity contribution in [1.29, 1.82) is 0 Å². The summed E-state index contributed by atoms with van der Waals surface area (Å²) in [4.78, 5) is 0.200. The predicted octanol–water partition coefficient (Wildman–Crippen LogP) is 3.88. The van der Waals surface area contributed by atoms with E-state index in [-0.39, 0.29) is 10.9 Å². The van der Waals surface area contributed by atoms with Crippen molar-refractivity contribution in [3.8, 4) is 11.5 Å². The molecule has 1 heterocycles. The van der Waals surface area contributed by atoms with E-state index in [2.05, 4.69) is 0 Å². The fourth-order valence-corrected chi connectivity index (χ4v) is 4.98. The molecule has 0 aliphatic carbocycles. The number of nitrogens with zero attached hydrogens (tertiary/aromatic N) is 1. The minimum atomic E-state index is -3.64. The van der Waals surface area contributed by atoms with Gasteiger partial charge in [0.2, 0.25) is 10.0 Å². The van der Waals surface area contributed by atoms with Gasteiger partial charge in [-0.15, -0.1) is 0 Å². The summed E-state index contributed by atoms with van der Waals surface area (Å²) in [5.41, 5.74) is 0.950. The van der Waals surface area contributed by atoms with Gasteiger partial charge in [-0.3, -0.25) is 0 Å². The van der Waals surface area contributed by atoms with E-state index >= 15 is 0 Å². The van der Waals surface area contributed by atoms with Crippen LogP contribution in [0.15, 0.2) is 47.4 Å². The third-order valence-corrected chi connectivity index (χ3v) is 6.58. The number of methoxy groups -OCH3 is 2. The number of benzene rings is 2. The first kappa shape index (κ1) is 18.0. The van der Waals surface area contributed by atoms with Crippen molar-refractivity contribution < 1.29 is 17.9 Å². The Hall–Kier alpha value is -1.76. The second-order valence-electron chi connectivity index (χ2n) is 5.84. The van der Waals surface area contributed by atoms with Crippen molar-refractivity contribution in [2.45, 2.75) is 23.8 Å². The summed E-state index contributed by atoms with van der Waals surface area (Å²) in [7, 11) is -0.635. The number of halogens is 1. The Morgan fingerprint density at radius 2 is 1.72 bits per heavy atom. The highest BCUT2D eigenvalue weighted by Crippen LogP contribution is 2.38. The van der Waals surface area contributed by atoms with Crippen molar-refractivity contribution in [3.63, 3.8) is 0 Å². The van der Waals surface area contributed by atoms with Gasteiger partial charge in [-0.1, -0.05) is 23.7 Å². The van der Waals surface area contributed by atoms with Crippen LogP contribution in [0.4, 0.5) is 0 Å². The third kappa shape index (κ3) is 3.47. The minimum Gasteiger partial charge on any atom is -0.493 e. The van der Waals surface area contributed by atoms with E-state index < -0.39 is 10.0 Å². The number of rotatable bonds is 5. The summed E-state index contributed by atoms with van der Waals surface area (Å²) in [6.07, 6.45) is 1.61. The molecule has 134 valence electrons. The van der Waals surface area contributed by atoms with E-state index in [4.69, 9.17) is 21.1 Å². The van der Waals surface area contributed by atoms with Crippen molar-refractivity contribution in [3.05, 3.63) is 53.1 Å². The van der Waals surface area contributed by atoms with Gasteiger partial charge in [0.15, 0.2) is 11.5 Å². The maximum absolute atomic E-state index is 13.2. The van der Waals surface area contributed by atoms with Crippen molar-refractivity contribution in [2.75, 3.05) is 20.8 Å². The van der Waals surface area contributed by atoms with Crippen LogP contribution < -0.4 is 9.47 Å². The molecule has 1 saturated heterocycles. The Bertz CT molecular complexity index is 852. The molecule has 0 amide bonds. The molecule has 0 saturated carbocycles. The second kappa shape index (κ2) is 7.23. The zero-order chi connectivity index (χ0) is 18.0. The molecule has 1 fully saturated rings. The molecular formula is C18H20ClNO4S. The molecule has 0 aromatic heterocycles. The van der Waals surface area contributed by atoms with Crippen LogP contribution in [-0.4, -0.2) is 33.5 Å². The Balaban J connectivity index is 1.97. The van der Waals surface area contributed by atoms with Gasteiger partial charge in [0.05, 0.1) is 25.2 Å². The molecule has 1 aliphatic rings. The van der Waals surface area contributed by atoms with Gasteiger partial charge in [-0.05, 0) is 42.7 Å². The molecule has 0 bridgehead atoms. The molecule has 3 rings (SSSR count). The SMILES string of the molecule is COc1ccc(S(=O)(=O)N2CCC[C@H]2c2ccc(Cl)cc2)cc1OC. The molecule has 0 unspecified atom stereocenters. The average Bonchev–Trinajstić information content (AvgIpc) is 3.12. The largest absolute Gasteiger partial charge is 0.493 e. The quantitative estimate of drug-likeness (QED) is 0.788. The lowest BCUT2D eigenvalue weighted by Gasteiger charge is -2.25. The van der Waals surface area contributed by atoms with E-state index in [0.717, 1.165) is 18.4 Å². The smallest absolute Gasteiger partial charge is 0.243 e. The molecule has 7 heteroatoms. The van der Waals surface area contributed by atoms with Gasteiger partial charge in [0.25, 0.3) is 0 Å². The molecule has 0 spiro atoms. The van der Waals surface area contributed by atoms with E-state index in [1.165, 1.54) is 20.3 Å². The predicted molar refractivity (Wildman–Crippen MR) is 96.9 cm³/mol. The summed E-state index contributed by atoms with van der Waals surface area (Å²) in [6.45, 7) is 0.490. The van der Waals surface area contributed by atoms with Gasteiger partial charge in [-0.25, -0.2) is 8.42 Å². The van der Waals surface area contributed by atoms with Gasteiger partial charge < -0.3 is 9.47 Å². The normalized spacial score (nSPS) is 18.3. The number of hydrogen-bond donors (Lipinski definition) is 0. The summed E-state index contributed by atoms with van der Waals surface area (Å²) in [5, 5.41) is 0.635. The first-order valence-corrected chi connectivity index (χ1v) is 9.78. The fraction of sp³-hybridized carbons (Fsp3) is 0.333. The Kier molecular flexibility index (Phi) is 5.22. The standard InChI is InChI=1S/C18H20ClNO4S/c1-23-17-10-9-15(12-18(17)24-2)25(21,22)20-11-3-4-16(20)13-5-7-14(19)8-6-13/h5-10,12,16H,3-4,11H2,1-2H3/t16-/m0/s1. The second-order valence-corrected chi connectivity index (χ2v) is 8.17. The summed E-state index contributed by atoms with van der Waals surface area (Å²) in [5.74, 6) is 0.892. The third-order valence-electron chi connectivity index (χ3n) is 4.42. The van der Waals surface area contributed by atoms with E-state index in [0.29, 0.717) is 23.1 Å². The molecule has 25 heavy (non-hydrogen) atoms. The van der Waals surface area contributed by atoms with Gasteiger partial charge in [-0.2, -0.15) is 4.31 Å². The van der Waals surface area contributed by atoms with Crippen LogP contribution in [0, 0.1) is 0 Å². The van der Waals surface area contributed by atoms with Crippen LogP contribution in [0.25, 0.3) is 0 Å². The fourth-order valence-electron chi connectivity index (χ4n) is 3.16. The van der Waals surface area contributed by atoms with Crippen molar-refractivity contribution in [1.82, 2.24) is 4.31 Å². The summed E-state index contributed by atoms with van der Waals surface area (Å²) in [6, 6.07) is 11.8. The highest BCUT2D eigenvalue weighted by atomic mass is 35.5. The maximum atomic E-state index is 13.2. The lowest BCUT2D eigenvalue weighted by Crippen LogP contribution is -2.30. The molecule has 0 N–H and O–H groups in total. The van der Waals surface area contributed by atoms with Crippen molar-refractivity contribution in [2.24, 2.45) is 0 Å². The Morgan fingerprint density at radius 1 is 1.04 bits per heavy atom.